The van der Waals surface area contributed by atoms with Crippen molar-refractivity contribution >= 4 is 39.1 Å². The second-order valence-corrected chi connectivity index (χ2v) is 10.0. The second-order valence-electron chi connectivity index (χ2n) is 8.08. The Morgan fingerprint density at radius 2 is 2.06 bits per heavy atom. The predicted octanol–water partition coefficient (Wildman–Crippen LogP) is 2.96. The van der Waals surface area contributed by atoms with Crippen molar-refractivity contribution in [2.45, 2.75) is 37.9 Å². The van der Waals surface area contributed by atoms with E-state index < -0.39 is 33.6 Å². The molecule has 3 N–H and O–H groups in total. The summed E-state index contributed by atoms with van der Waals surface area (Å²) in [4.78, 5) is 19.3. The van der Waals surface area contributed by atoms with Crippen molar-refractivity contribution in [1.29, 1.82) is 0 Å². The normalized spacial score (nSPS) is 19.2. The summed E-state index contributed by atoms with van der Waals surface area (Å²) in [6, 6.07) is 4.58. The van der Waals surface area contributed by atoms with E-state index in [9.17, 15) is 26.4 Å². The first-order valence-corrected chi connectivity index (χ1v) is 12.2. The number of anilines is 4. The summed E-state index contributed by atoms with van der Waals surface area (Å²) in [6.07, 6.45) is -0.658. The third-order valence-corrected chi connectivity index (χ3v) is 6.92. The summed E-state index contributed by atoms with van der Waals surface area (Å²) < 4.78 is 66.0. The van der Waals surface area contributed by atoms with Crippen LogP contribution in [0.1, 0.15) is 30.4 Å². The van der Waals surface area contributed by atoms with Gasteiger partial charge in [0, 0.05) is 36.7 Å². The van der Waals surface area contributed by atoms with Crippen LogP contribution in [-0.4, -0.2) is 54.0 Å². The van der Waals surface area contributed by atoms with Crippen LogP contribution in [0.5, 0.6) is 0 Å². The molecule has 1 atom stereocenters. The Bertz CT molecular complexity index is 1170. The molecule has 1 fully saturated rings. The summed E-state index contributed by atoms with van der Waals surface area (Å²) >= 11 is 0. The van der Waals surface area contributed by atoms with Gasteiger partial charge in [-0.3, -0.25) is 4.79 Å². The number of hydrogen-bond donors (Lipinski definition) is 3. The molecule has 0 radical (unpaired) electrons. The first kappa shape index (κ1) is 23.2. The van der Waals surface area contributed by atoms with Crippen LogP contribution in [0, 0.1) is 0 Å². The maximum Gasteiger partial charge on any atom is 0.421 e. The van der Waals surface area contributed by atoms with E-state index in [1.54, 1.807) is 18.2 Å². The molecule has 1 aromatic heterocycles. The maximum atomic E-state index is 13.5. The van der Waals surface area contributed by atoms with Gasteiger partial charge in [-0.2, -0.15) is 22.5 Å². The topological polar surface area (TPSA) is 116 Å². The molecular formula is C20H23F3N6O3S. The average Bonchev–Trinajstić information content (AvgIpc) is 3.10. The molecule has 0 spiro atoms. The van der Waals surface area contributed by atoms with E-state index in [4.69, 9.17) is 0 Å². The highest BCUT2D eigenvalue weighted by atomic mass is 32.2. The molecule has 2 aliphatic heterocycles. The fourth-order valence-corrected chi connectivity index (χ4v) is 5.23. The van der Waals surface area contributed by atoms with Gasteiger partial charge in [-0.1, -0.05) is 6.42 Å². The number of nitrogens with zero attached hydrogens (tertiary/aromatic N) is 3. The fourth-order valence-electron chi connectivity index (χ4n) is 4.05. The molecule has 1 saturated heterocycles. The number of piperidine rings is 1. The van der Waals surface area contributed by atoms with Gasteiger partial charge in [0.05, 0.1) is 12.7 Å². The Balaban J connectivity index is 1.55. The van der Waals surface area contributed by atoms with E-state index in [2.05, 4.69) is 25.9 Å². The minimum absolute atomic E-state index is 0.0147. The van der Waals surface area contributed by atoms with Gasteiger partial charge < -0.3 is 16.0 Å². The monoisotopic (exact) mass is 484 g/mol. The number of rotatable bonds is 6. The Morgan fingerprint density at radius 3 is 2.79 bits per heavy atom. The van der Waals surface area contributed by atoms with E-state index >= 15 is 0 Å². The van der Waals surface area contributed by atoms with Crippen LogP contribution in [-0.2, 0) is 27.4 Å². The lowest BCUT2D eigenvalue weighted by molar-refractivity contribution is -0.137. The highest BCUT2D eigenvalue weighted by molar-refractivity contribution is 7.88. The lowest BCUT2D eigenvalue weighted by atomic mass is 10.1. The molecular weight excluding hydrogens is 461 g/mol. The van der Waals surface area contributed by atoms with E-state index in [1.165, 1.54) is 4.31 Å². The minimum atomic E-state index is -4.69. The third-order valence-electron chi connectivity index (χ3n) is 5.58. The quantitative estimate of drug-likeness (QED) is 0.577. The minimum Gasteiger partial charge on any atom is -0.368 e. The molecule has 33 heavy (non-hydrogen) atoms. The summed E-state index contributed by atoms with van der Waals surface area (Å²) in [7, 11) is -3.48. The first-order chi connectivity index (χ1) is 15.5. The zero-order valence-electron chi connectivity index (χ0n) is 17.7. The highest BCUT2D eigenvalue weighted by Crippen LogP contribution is 2.35. The van der Waals surface area contributed by atoms with Crippen LogP contribution < -0.4 is 16.0 Å². The Morgan fingerprint density at radius 1 is 1.27 bits per heavy atom. The smallest absolute Gasteiger partial charge is 0.368 e. The predicted molar refractivity (Wildman–Crippen MR) is 117 cm³/mol. The van der Waals surface area contributed by atoms with Crippen molar-refractivity contribution in [3.63, 3.8) is 0 Å². The molecule has 2 aliphatic rings. The number of halogens is 3. The fraction of sp³-hybridized carbons (Fsp3) is 0.450. The van der Waals surface area contributed by atoms with Crippen molar-refractivity contribution in [3.8, 4) is 0 Å². The Labute approximate surface area is 188 Å². The number of alkyl halides is 3. The number of sulfonamides is 1. The standard InChI is InChI=1S/C20H23F3N6O3S/c1-33(31,32)29-7-3-2-4-14(29)10-24-18-15(20(21,22)23)11-25-19(28-18)26-13-5-6-16-12(8-13)9-17(30)27-16/h5-6,8,11,14H,2-4,7,9-10H2,1H3,(H,27,30)(H2,24,25,26,28). The number of hydrogen-bond acceptors (Lipinski definition) is 7. The van der Waals surface area contributed by atoms with Crippen LogP contribution in [0.2, 0.25) is 0 Å². The van der Waals surface area contributed by atoms with Gasteiger partial charge in [0.25, 0.3) is 0 Å². The second kappa shape index (κ2) is 8.78. The summed E-state index contributed by atoms with van der Waals surface area (Å²) in [5.74, 6) is -0.631. The van der Waals surface area contributed by atoms with Crippen molar-refractivity contribution in [2.24, 2.45) is 0 Å². The molecule has 178 valence electrons. The third kappa shape index (κ3) is 5.36. The Kier molecular flexibility index (Phi) is 6.18. The largest absolute Gasteiger partial charge is 0.421 e. The zero-order valence-corrected chi connectivity index (χ0v) is 18.6. The highest BCUT2D eigenvalue weighted by Gasteiger charge is 2.36. The maximum absolute atomic E-state index is 13.5. The number of amides is 1. The van der Waals surface area contributed by atoms with Crippen LogP contribution in [0.3, 0.4) is 0 Å². The summed E-state index contributed by atoms with van der Waals surface area (Å²) in [6.45, 7) is 0.322. The van der Waals surface area contributed by atoms with E-state index in [0.29, 0.717) is 37.0 Å². The number of nitrogens with one attached hydrogen (secondary N) is 3. The number of fused-ring (bicyclic) bond motifs is 1. The SMILES string of the molecule is CS(=O)(=O)N1CCCCC1CNc1nc(Nc2ccc3c(c2)CC(=O)N3)ncc1C(F)(F)F. The number of carbonyl (C=O) groups excluding carboxylic acids is 1. The van der Waals surface area contributed by atoms with Gasteiger partial charge in [-0.05, 0) is 36.6 Å². The van der Waals surface area contributed by atoms with Crippen LogP contribution >= 0.6 is 0 Å². The van der Waals surface area contributed by atoms with Crippen molar-refractivity contribution < 1.29 is 26.4 Å². The number of aromatic nitrogens is 2. The molecule has 0 bridgehead atoms. The molecule has 0 saturated carbocycles. The van der Waals surface area contributed by atoms with Gasteiger partial charge in [-0.15, -0.1) is 0 Å². The van der Waals surface area contributed by atoms with Crippen molar-refractivity contribution in [3.05, 3.63) is 35.5 Å². The Hall–Kier alpha value is -2.93. The van der Waals surface area contributed by atoms with Gasteiger partial charge in [0.2, 0.25) is 21.9 Å². The number of benzene rings is 1. The summed E-state index contributed by atoms with van der Waals surface area (Å²) in [5, 5.41) is 8.26. The molecule has 13 heteroatoms. The molecule has 9 nitrogen and oxygen atoms in total. The lowest BCUT2D eigenvalue weighted by Gasteiger charge is -2.34. The average molecular weight is 485 g/mol. The summed E-state index contributed by atoms with van der Waals surface area (Å²) in [5.41, 5.74) is 0.919. The van der Waals surface area contributed by atoms with Crippen molar-refractivity contribution in [2.75, 3.05) is 35.3 Å². The molecule has 4 rings (SSSR count). The molecule has 1 aromatic carbocycles. The molecule has 0 aliphatic carbocycles. The first-order valence-electron chi connectivity index (χ1n) is 10.4. The van der Waals surface area contributed by atoms with E-state index in [0.717, 1.165) is 18.2 Å². The van der Waals surface area contributed by atoms with Crippen LogP contribution in [0.15, 0.2) is 24.4 Å². The molecule has 2 aromatic rings. The van der Waals surface area contributed by atoms with Gasteiger partial charge in [0.15, 0.2) is 0 Å². The van der Waals surface area contributed by atoms with E-state index in [-0.39, 0.29) is 24.8 Å². The van der Waals surface area contributed by atoms with Crippen LogP contribution in [0.25, 0.3) is 0 Å². The molecule has 1 amide bonds. The van der Waals surface area contributed by atoms with E-state index in [1.807, 2.05) is 0 Å². The van der Waals surface area contributed by atoms with Gasteiger partial charge in [-0.25, -0.2) is 13.4 Å². The van der Waals surface area contributed by atoms with Crippen molar-refractivity contribution in [1.82, 2.24) is 14.3 Å². The lowest BCUT2D eigenvalue weighted by Crippen LogP contribution is -2.46. The number of carbonyl (C=O) groups is 1. The molecule has 1 unspecified atom stereocenters. The van der Waals surface area contributed by atoms with Gasteiger partial charge in [0.1, 0.15) is 11.4 Å². The van der Waals surface area contributed by atoms with Crippen LogP contribution in [0.4, 0.5) is 36.3 Å². The zero-order chi connectivity index (χ0) is 23.8. The molecule has 3 heterocycles. The van der Waals surface area contributed by atoms with Gasteiger partial charge >= 0.3 is 6.18 Å².